The molecule has 2 amide bonds. The zero-order valence-electron chi connectivity index (χ0n) is 10.5. The quantitative estimate of drug-likeness (QED) is 0.716. The molecule has 4 heteroatoms. The van der Waals surface area contributed by atoms with Crippen LogP contribution in [0, 0.1) is 5.92 Å². The Bertz CT molecular complexity index is 262. The van der Waals surface area contributed by atoms with Crippen molar-refractivity contribution >= 4 is 11.8 Å². The molecule has 0 bridgehead atoms. The third-order valence-corrected chi connectivity index (χ3v) is 3.37. The minimum absolute atomic E-state index is 0.0503. The predicted molar refractivity (Wildman–Crippen MR) is 62.9 cm³/mol. The van der Waals surface area contributed by atoms with Crippen molar-refractivity contribution in [1.29, 1.82) is 0 Å². The van der Waals surface area contributed by atoms with Gasteiger partial charge < -0.3 is 0 Å². The molecule has 16 heavy (non-hydrogen) atoms. The molecule has 0 radical (unpaired) electrons. The van der Waals surface area contributed by atoms with Crippen LogP contribution in [0.5, 0.6) is 0 Å². The van der Waals surface area contributed by atoms with Crippen LogP contribution in [0.2, 0.25) is 0 Å². The van der Waals surface area contributed by atoms with Crippen molar-refractivity contribution in [2.45, 2.75) is 46.1 Å². The molecule has 1 aliphatic heterocycles. The Balaban J connectivity index is 2.67. The molecule has 0 aromatic rings. The van der Waals surface area contributed by atoms with Crippen molar-refractivity contribution in [3.8, 4) is 0 Å². The minimum atomic E-state index is -0.174. The van der Waals surface area contributed by atoms with E-state index in [1.165, 1.54) is 4.90 Å². The third-order valence-electron chi connectivity index (χ3n) is 3.37. The molecule has 1 saturated heterocycles. The normalized spacial score (nSPS) is 22.0. The molecular weight excluding hydrogens is 204 g/mol. The van der Waals surface area contributed by atoms with E-state index in [1.807, 2.05) is 6.92 Å². The summed E-state index contributed by atoms with van der Waals surface area (Å²) >= 11 is 0. The van der Waals surface area contributed by atoms with Crippen molar-refractivity contribution in [2.75, 3.05) is 13.1 Å². The number of hydrogen-bond acceptors (Lipinski definition) is 3. The molecule has 0 aliphatic carbocycles. The van der Waals surface area contributed by atoms with Crippen LogP contribution in [0.15, 0.2) is 0 Å². The zero-order valence-corrected chi connectivity index (χ0v) is 10.5. The second-order valence-corrected chi connectivity index (χ2v) is 4.37. The maximum Gasteiger partial charge on any atom is 0.246 e. The maximum absolute atomic E-state index is 12.0. The summed E-state index contributed by atoms with van der Waals surface area (Å²) < 4.78 is 0. The molecule has 0 aromatic heterocycles. The van der Waals surface area contributed by atoms with Crippen LogP contribution in [-0.4, -0.2) is 35.8 Å². The fraction of sp³-hybridized carbons (Fsp3) is 0.833. The number of amides is 2. The van der Waals surface area contributed by atoms with Gasteiger partial charge in [0.05, 0.1) is 12.6 Å². The highest BCUT2D eigenvalue weighted by atomic mass is 16.2. The Morgan fingerprint density at radius 3 is 2.44 bits per heavy atom. The first-order chi connectivity index (χ1) is 7.63. The Hall–Kier alpha value is -0.900. The first-order valence-electron chi connectivity index (χ1n) is 6.21. The lowest BCUT2D eigenvalue weighted by Crippen LogP contribution is -2.58. The largest absolute Gasteiger partial charge is 0.297 e. The number of imide groups is 1. The van der Waals surface area contributed by atoms with Crippen LogP contribution in [0.4, 0.5) is 0 Å². The summed E-state index contributed by atoms with van der Waals surface area (Å²) in [6, 6.07) is -0.174. The van der Waals surface area contributed by atoms with Crippen molar-refractivity contribution in [3.63, 3.8) is 0 Å². The molecule has 1 rings (SSSR count). The van der Waals surface area contributed by atoms with Crippen LogP contribution in [0.1, 0.15) is 40.0 Å². The highest BCUT2D eigenvalue weighted by Crippen LogP contribution is 2.13. The Labute approximate surface area is 97.4 Å². The highest BCUT2D eigenvalue weighted by Gasteiger charge is 2.33. The van der Waals surface area contributed by atoms with Crippen molar-refractivity contribution < 1.29 is 9.59 Å². The van der Waals surface area contributed by atoms with Crippen LogP contribution in [-0.2, 0) is 9.59 Å². The first kappa shape index (κ1) is 13.2. The molecule has 1 atom stereocenters. The van der Waals surface area contributed by atoms with Gasteiger partial charge in [-0.25, -0.2) is 0 Å². The Morgan fingerprint density at radius 2 is 1.94 bits per heavy atom. The van der Waals surface area contributed by atoms with Gasteiger partial charge in [0.2, 0.25) is 11.8 Å². The van der Waals surface area contributed by atoms with Crippen molar-refractivity contribution in [1.82, 2.24) is 10.2 Å². The number of piperazine rings is 1. The number of carbonyl (C=O) groups excluding carboxylic acids is 2. The molecule has 1 fully saturated rings. The summed E-state index contributed by atoms with van der Waals surface area (Å²) in [5.74, 6) is 0.302. The topological polar surface area (TPSA) is 49.4 Å². The van der Waals surface area contributed by atoms with Crippen LogP contribution < -0.4 is 5.32 Å². The Morgan fingerprint density at radius 1 is 1.31 bits per heavy atom. The van der Waals surface area contributed by atoms with E-state index in [4.69, 9.17) is 0 Å². The van der Waals surface area contributed by atoms with E-state index in [0.29, 0.717) is 19.0 Å². The van der Waals surface area contributed by atoms with Crippen LogP contribution in [0.25, 0.3) is 0 Å². The van der Waals surface area contributed by atoms with Crippen LogP contribution in [0.3, 0.4) is 0 Å². The fourth-order valence-corrected chi connectivity index (χ4v) is 2.02. The fourth-order valence-electron chi connectivity index (χ4n) is 2.02. The molecule has 0 spiro atoms. The van der Waals surface area contributed by atoms with E-state index >= 15 is 0 Å². The molecule has 1 unspecified atom stereocenters. The highest BCUT2D eigenvalue weighted by molar-refractivity contribution is 6.01. The number of hydrogen-bond donors (Lipinski definition) is 1. The molecule has 4 nitrogen and oxygen atoms in total. The number of carbonyl (C=O) groups is 2. The first-order valence-corrected chi connectivity index (χ1v) is 6.21. The molecule has 0 saturated carbocycles. The number of rotatable bonds is 5. The van der Waals surface area contributed by atoms with E-state index in [-0.39, 0.29) is 17.9 Å². The van der Waals surface area contributed by atoms with Crippen LogP contribution >= 0.6 is 0 Å². The zero-order chi connectivity index (χ0) is 12.1. The van der Waals surface area contributed by atoms with E-state index in [1.54, 1.807) is 0 Å². The molecule has 1 aliphatic rings. The minimum Gasteiger partial charge on any atom is -0.297 e. The van der Waals surface area contributed by atoms with Crippen molar-refractivity contribution in [2.24, 2.45) is 5.92 Å². The van der Waals surface area contributed by atoms with Gasteiger partial charge in [-0.2, -0.15) is 0 Å². The van der Waals surface area contributed by atoms with Gasteiger partial charge in [0.15, 0.2) is 0 Å². The summed E-state index contributed by atoms with van der Waals surface area (Å²) in [4.78, 5) is 25.1. The summed E-state index contributed by atoms with van der Waals surface area (Å²) in [6.07, 6.45) is 2.76. The second kappa shape index (κ2) is 5.99. The lowest BCUT2D eigenvalue weighted by atomic mass is 10.0. The second-order valence-electron chi connectivity index (χ2n) is 4.37. The van der Waals surface area contributed by atoms with Gasteiger partial charge in [-0.05, 0) is 12.3 Å². The summed E-state index contributed by atoms with van der Waals surface area (Å²) in [5.41, 5.74) is 0. The molecule has 92 valence electrons. The predicted octanol–water partition coefficient (Wildman–Crippen LogP) is 1.16. The summed E-state index contributed by atoms with van der Waals surface area (Å²) in [6.45, 7) is 7.04. The summed E-state index contributed by atoms with van der Waals surface area (Å²) in [7, 11) is 0. The van der Waals surface area contributed by atoms with Gasteiger partial charge in [0, 0.05) is 6.54 Å². The molecule has 1 heterocycles. The van der Waals surface area contributed by atoms with Gasteiger partial charge >= 0.3 is 0 Å². The van der Waals surface area contributed by atoms with E-state index in [2.05, 4.69) is 19.2 Å². The molecule has 0 aromatic carbocycles. The van der Waals surface area contributed by atoms with Crippen molar-refractivity contribution in [3.05, 3.63) is 0 Å². The van der Waals surface area contributed by atoms with E-state index in [9.17, 15) is 9.59 Å². The van der Waals surface area contributed by atoms with Gasteiger partial charge in [-0.15, -0.1) is 0 Å². The number of nitrogens with zero attached hydrogens (tertiary/aromatic N) is 1. The lowest BCUT2D eigenvalue weighted by molar-refractivity contribution is -0.150. The van der Waals surface area contributed by atoms with Gasteiger partial charge in [0.1, 0.15) is 0 Å². The SMILES string of the molecule is CCC(CC)CN1C(=O)CNC(CC)C1=O. The number of nitrogens with one attached hydrogen (secondary N) is 1. The maximum atomic E-state index is 12.0. The van der Waals surface area contributed by atoms with Gasteiger partial charge in [0.25, 0.3) is 0 Å². The average molecular weight is 226 g/mol. The molecular formula is C12H22N2O2. The third kappa shape index (κ3) is 2.82. The Kier molecular flexibility index (Phi) is 4.93. The summed E-state index contributed by atoms with van der Waals surface area (Å²) in [5, 5.41) is 2.97. The smallest absolute Gasteiger partial charge is 0.246 e. The average Bonchev–Trinajstić information content (AvgIpc) is 2.30. The van der Waals surface area contributed by atoms with Gasteiger partial charge in [-0.3, -0.25) is 19.8 Å². The van der Waals surface area contributed by atoms with E-state index < -0.39 is 0 Å². The monoisotopic (exact) mass is 226 g/mol. The van der Waals surface area contributed by atoms with E-state index in [0.717, 1.165) is 19.3 Å². The van der Waals surface area contributed by atoms with Gasteiger partial charge in [-0.1, -0.05) is 33.6 Å². The molecule has 1 N–H and O–H groups in total. The standard InChI is InChI=1S/C12H22N2O2/c1-4-9(5-2)8-14-11(15)7-13-10(6-3)12(14)16/h9-10,13H,4-8H2,1-3H3. The lowest BCUT2D eigenvalue weighted by Gasteiger charge is -2.33.